The lowest BCUT2D eigenvalue weighted by Gasteiger charge is -2.27. The summed E-state index contributed by atoms with van der Waals surface area (Å²) in [7, 11) is 0. The third-order valence-electron chi connectivity index (χ3n) is 4.64. The number of carbonyl (C=O) groups is 1. The minimum Gasteiger partial charge on any atom is -0.489 e. The molecule has 3 atom stereocenters. The van der Waals surface area contributed by atoms with E-state index < -0.39 is 0 Å². The van der Waals surface area contributed by atoms with E-state index in [1.165, 1.54) is 0 Å². The standard InChI is InChI=1S/C18H25ClN2O3/c1-12-9-13(6-7-20-12)18(22)21-16-10-14(19)4-5-17(16)24-11-15-3-2-8-23-15/h4-5,10,12-13,15,20H,2-3,6-9,11H2,1H3,(H,21,22)/t12-,13-,15?/m0/s1. The van der Waals surface area contributed by atoms with Crippen LogP contribution in [0.25, 0.3) is 0 Å². The molecule has 2 aliphatic heterocycles. The zero-order chi connectivity index (χ0) is 16.9. The Kier molecular flexibility index (Phi) is 5.98. The van der Waals surface area contributed by atoms with Crippen molar-refractivity contribution in [2.24, 2.45) is 5.92 Å². The molecular formula is C18H25ClN2O3. The van der Waals surface area contributed by atoms with Gasteiger partial charge >= 0.3 is 0 Å². The van der Waals surface area contributed by atoms with E-state index in [1.807, 2.05) is 0 Å². The second-order valence-electron chi connectivity index (χ2n) is 6.65. The lowest BCUT2D eigenvalue weighted by molar-refractivity contribution is -0.120. The third kappa shape index (κ3) is 4.62. The van der Waals surface area contributed by atoms with Crippen molar-refractivity contribution in [2.45, 2.75) is 44.8 Å². The van der Waals surface area contributed by atoms with Crippen LogP contribution in [-0.2, 0) is 9.53 Å². The van der Waals surface area contributed by atoms with Gasteiger partial charge in [-0.1, -0.05) is 11.6 Å². The maximum Gasteiger partial charge on any atom is 0.227 e. The molecule has 1 amide bonds. The largest absolute Gasteiger partial charge is 0.489 e. The summed E-state index contributed by atoms with van der Waals surface area (Å²) in [5.41, 5.74) is 0.636. The van der Waals surface area contributed by atoms with Crippen LogP contribution in [-0.4, -0.2) is 37.8 Å². The van der Waals surface area contributed by atoms with E-state index >= 15 is 0 Å². The van der Waals surface area contributed by atoms with Gasteiger partial charge in [0, 0.05) is 23.6 Å². The number of hydrogen-bond acceptors (Lipinski definition) is 4. The highest BCUT2D eigenvalue weighted by atomic mass is 35.5. The predicted octanol–water partition coefficient (Wildman–Crippen LogP) is 3.22. The van der Waals surface area contributed by atoms with Crippen molar-refractivity contribution >= 4 is 23.2 Å². The summed E-state index contributed by atoms with van der Waals surface area (Å²) in [6, 6.07) is 5.69. The molecule has 1 aromatic carbocycles. The number of halogens is 1. The molecule has 6 heteroatoms. The molecule has 24 heavy (non-hydrogen) atoms. The highest BCUT2D eigenvalue weighted by Crippen LogP contribution is 2.30. The fourth-order valence-electron chi connectivity index (χ4n) is 3.29. The summed E-state index contributed by atoms with van der Waals surface area (Å²) in [5.74, 6) is 0.698. The number of carbonyl (C=O) groups excluding carboxylic acids is 1. The van der Waals surface area contributed by atoms with Gasteiger partial charge in [-0.25, -0.2) is 0 Å². The Morgan fingerprint density at radius 2 is 2.33 bits per heavy atom. The van der Waals surface area contributed by atoms with E-state index in [0.29, 0.717) is 29.1 Å². The second kappa shape index (κ2) is 8.19. The molecule has 132 valence electrons. The Bertz CT molecular complexity index is 575. The molecule has 0 bridgehead atoms. The molecule has 2 heterocycles. The number of amides is 1. The quantitative estimate of drug-likeness (QED) is 0.854. The maximum atomic E-state index is 12.6. The van der Waals surface area contributed by atoms with Crippen molar-refractivity contribution in [2.75, 3.05) is 25.1 Å². The van der Waals surface area contributed by atoms with E-state index in [9.17, 15) is 4.79 Å². The number of hydrogen-bond donors (Lipinski definition) is 2. The molecule has 2 fully saturated rings. The van der Waals surface area contributed by atoms with Crippen LogP contribution in [0.5, 0.6) is 5.75 Å². The minimum absolute atomic E-state index is 0.0197. The monoisotopic (exact) mass is 352 g/mol. The molecule has 0 aromatic heterocycles. The number of nitrogens with one attached hydrogen (secondary N) is 2. The van der Waals surface area contributed by atoms with Crippen molar-refractivity contribution in [1.29, 1.82) is 0 Å². The predicted molar refractivity (Wildman–Crippen MR) is 94.7 cm³/mol. The van der Waals surface area contributed by atoms with Crippen LogP contribution in [0.15, 0.2) is 18.2 Å². The number of rotatable bonds is 5. The van der Waals surface area contributed by atoms with Crippen LogP contribution >= 0.6 is 11.6 Å². The molecule has 0 spiro atoms. The van der Waals surface area contributed by atoms with Gasteiger partial charge < -0.3 is 20.1 Å². The average Bonchev–Trinajstić information content (AvgIpc) is 3.07. The van der Waals surface area contributed by atoms with E-state index in [2.05, 4.69) is 17.6 Å². The fraction of sp³-hybridized carbons (Fsp3) is 0.611. The Morgan fingerprint density at radius 1 is 1.46 bits per heavy atom. The highest BCUT2D eigenvalue weighted by Gasteiger charge is 2.25. The zero-order valence-electron chi connectivity index (χ0n) is 14.0. The van der Waals surface area contributed by atoms with Gasteiger partial charge in [0.05, 0.1) is 11.8 Å². The first kappa shape index (κ1) is 17.5. The lowest BCUT2D eigenvalue weighted by Crippen LogP contribution is -2.40. The summed E-state index contributed by atoms with van der Waals surface area (Å²) in [6.45, 7) is 4.27. The molecule has 0 saturated carbocycles. The van der Waals surface area contributed by atoms with Crippen molar-refractivity contribution in [1.82, 2.24) is 5.32 Å². The zero-order valence-corrected chi connectivity index (χ0v) is 14.8. The molecule has 1 aromatic rings. The van der Waals surface area contributed by atoms with Gasteiger partial charge in [-0.15, -0.1) is 0 Å². The van der Waals surface area contributed by atoms with E-state index in [0.717, 1.165) is 38.8 Å². The summed E-state index contributed by atoms with van der Waals surface area (Å²) >= 11 is 6.09. The molecule has 0 radical (unpaired) electrons. The third-order valence-corrected chi connectivity index (χ3v) is 4.88. The first-order chi connectivity index (χ1) is 11.6. The van der Waals surface area contributed by atoms with Crippen LogP contribution < -0.4 is 15.4 Å². The van der Waals surface area contributed by atoms with E-state index in [4.69, 9.17) is 21.1 Å². The first-order valence-electron chi connectivity index (χ1n) is 8.70. The topological polar surface area (TPSA) is 59.6 Å². The van der Waals surface area contributed by atoms with Gasteiger partial charge in [-0.2, -0.15) is 0 Å². The highest BCUT2D eigenvalue weighted by molar-refractivity contribution is 6.31. The van der Waals surface area contributed by atoms with Crippen LogP contribution in [0, 0.1) is 5.92 Å². The van der Waals surface area contributed by atoms with Crippen molar-refractivity contribution in [3.63, 3.8) is 0 Å². The van der Waals surface area contributed by atoms with Gasteiger partial charge in [0.1, 0.15) is 12.4 Å². The summed E-state index contributed by atoms with van der Waals surface area (Å²) in [6.07, 6.45) is 3.92. The van der Waals surface area contributed by atoms with Crippen LogP contribution in [0.3, 0.4) is 0 Å². The van der Waals surface area contributed by atoms with Crippen LogP contribution in [0.2, 0.25) is 5.02 Å². The number of anilines is 1. The summed E-state index contributed by atoms with van der Waals surface area (Å²) < 4.78 is 11.5. The maximum absolute atomic E-state index is 12.6. The fourth-order valence-corrected chi connectivity index (χ4v) is 3.46. The molecule has 0 aliphatic carbocycles. The first-order valence-corrected chi connectivity index (χ1v) is 9.08. The van der Waals surface area contributed by atoms with Gasteiger partial charge in [0.2, 0.25) is 5.91 Å². The van der Waals surface area contributed by atoms with E-state index in [-0.39, 0.29) is 17.9 Å². The number of piperidine rings is 1. The molecule has 2 N–H and O–H groups in total. The van der Waals surface area contributed by atoms with Crippen molar-refractivity contribution in [3.05, 3.63) is 23.2 Å². The molecule has 3 rings (SSSR count). The summed E-state index contributed by atoms with van der Waals surface area (Å²) in [4.78, 5) is 12.6. The van der Waals surface area contributed by atoms with Crippen molar-refractivity contribution < 1.29 is 14.3 Å². The van der Waals surface area contributed by atoms with Gasteiger partial charge in [-0.05, 0) is 57.4 Å². The Hall–Kier alpha value is -1.30. The van der Waals surface area contributed by atoms with Crippen molar-refractivity contribution in [3.8, 4) is 5.75 Å². The molecule has 1 unspecified atom stereocenters. The number of benzene rings is 1. The van der Waals surface area contributed by atoms with Crippen LogP contribution in [0.4, 0.5) is 5.69 Å². The Labute approximate surface area is 148 Å². The van der Waals surface area contributed by atoms with E-state index in [1.54, 1.807) is 18.2 Å². The summed E-state index contributed by atoms with van der Waals surface area (Å²) in [5, 5.41) is 6.94. The molecule has 2 aliphatic rings. The lowest BCUT2D eigenvalue weighted by atomic mass is 9.92. The Morgan fingerprint density at radius 3 is 3.08 bits per heavy atom. The van der Waals surface area contributed by atoms with Gasteiger partial charge in [0.15, 0.2) is 0 Å². The SMILES string of the molecule is C[C@H]1C[C@@H](C(=O)Nc2cc(Cl)ccc2OCC2CCCO2)CCN1. The molecular weight excluding hydrogens is 328 g/mol. The van der Waals surface area contributed by atoms with Gasteiger partial charge in [-0.3, -0.25) is 4.79 Å². The minimum atomic E-state index is 0.0197. The number of ether oxygens (including phenoxy) is 2. The smallest absolute Gasteiger partial charge is 0.227 e. The normalized spacial score (nSPS) is 27.0. The second-order valence-corrected chi connectivity index (χ2v) is 7.09. The van der Waals surface area contributed by atoms with Gasteiger partial charge in [0.25, 0.3) is 0 Å². The molecule has 2 saturated heterocycles. The molecule has 5 nitrogen and oxygen atoms in total. The van der Waals surface area contributed by atoms with Crippen LogP contribution in [0.1, 0.15) is 32.6 Å². The Balaban J connectivity index is 1.64. The average molecular weight is 353 g/mol.